The molecule has 2 aromatic carbocycles. The molecular formula is C18H20O2. The molecule has 2 aromatic rings. The van der Waals surface area contributed by atoms with Gasteiger partial charge in [0.05, 0.1) is 12.5 Å². The predicted octanol–water partition coefficient (Wildman–Crippen LogP) is 4.25. The monoisotopic (exact) mass is 268 g/mol. The summed E-state index contributed by atoms with van der Waals surface area (Å²) in [5.41, 5.74) is 1.27. The lowest BCUT2D eigenvalue weighted by Crippen LogP contribution is -2.32. The Kier molecular flexibility index (Phi) is 4.23. The summed E-state index contributed by atoms with van der Waals surface area (Å²) in [6, 6.07) is 17.2. The number of carbonyl (C=O) groups is 1. The van der Waals surface area contributed by atoms with Gasteiger partial charge in [-0.15, -0.1) is 0 Å². The lowest BCUT2D eigenvalue weighted by atomic mass is 9.74. The minimum absolute atomic E-state index is 0.158. The second-order valence-corrected chi connectivity index (χ2v) is 5.11. The van der Waals surface area contributed by atoms with Gasteiger partial charge in [0.2, 0.25) is 0 Å². The third-order valence-electron chi connectivity index (χ3n) is 3.97. The fourth-order valence-electron chi connectivity index (χ4n) is 2.36. The molecule has 0 spiro atoms. The molecule has 2 nitrogen and oxygen atoms in total. The van der Waals surface area contributed by atoms with E-state index in [1.165, 1.54) is 0 Å². The average molecular weight is 268 g/mol. The summed E-state index contributed by atoms with van der Waals surface area (Å²) < 4.78 is 5.18. The highest BCUT2D eigenvalue weighted by Gasteiger charge is 2.33. The van der Waals surface area contributed by atoms with Crippen LogP contribution in [0.2, 0.25) is 0 Å². The molecule has 1 unspecified atom stereocenters. The molecule has 0 aliphatic heterocycles. The molecule has 0 fully saturated rings. The van der Waals surface area contributed by atoms with E-state index in [-0.39, 0.29) is 5.78 Å². The summed E-state index contributed by atoms with van der Waals surface area (Å²) in [6.45, 7) is 4.05. The van der Waals surface area contributed by atoms with Gasteiger partial charge in [0.15, 0.2) is 5.78 Å². The number of hydrogen-bond donors (Lipinski definition) is 0. The fraction of sp³-hybridized carbons (Fsp3) is 0.278. The van der Waals surface area contributed by atoms with E-state index < -0.39 is 5.41 Å². The predicted molar refractivity (Wildman–Crippen MR) is 81.4 cm³/mol. The molecule has 0 saturated carbocycles. The highest BCUT2D eigenvalue weighted by Crippen LogP contribution is 2.32. The lowest BCUT2D eigenvalue weighted by molar-refractivity contribution is 0.0892. The molecule has 0 N–H and O–H groups in total. The van der Waals surface area contributed by atoms with Crippen LogP contribution in [0.1, 0.15) is 36.2 Å². The maximum absolute atomic E-state index is 12.8. The Morgan fingerprint density at radius 2 is 1.65 bits per heavy atom. The second kappa shape index (κ2) is 5.91. The Balaban J connectivity index is 2.39. The zero-order valence-electron chi connectivity index (χ0n) is 12.2. The van der Waals surface area contributed by atoms with Gasteiger partial charge in [0.1, 0.15) is 5.75 Å². The molecule has 0 aliphatic rings. The van der Waals surface area contributed by atoms with Crippen molar-refractivity contribution in [3.05, 3.63) is 65.7 Å². The first kappa shape index (κ1) is 14.3. The van der Waals surface area contributed by atoms with E-state index in [0.717, 1.165) is 23.3 Å². The number of rotatable bonds is 5. The van der Waals surface area contributed by atoms with Gasteiger partial charge in [0.25, 0.3) is 0 Å². The maximum atomic E-state index is 12.8. The number of methoxy groups -OCH3 is 1. The number of ketones is 1. The number of benzene rings is 2. The van der Waals surface area contributed by atoms with Crippen LogP contribution in [0.4, 0.5) is 0 Å². The van der Waals surface area contributed by atoms with Crippen molar-refractivity contribution in [2.75, 3.05) is 7.11 Å². The number of hydrogen-bond acceptors (Lipinski definition) is 2. The van der Waals surface area contributed by atoms with Gasteiger partial charge < -0.3 is 4.74 Å². The molecule has 0 aliphatic carbocycles. The standard InChI is InChI=1S/C18H20O2/c1-4-18(2,15-10-12-16(20-3)13-11-15)17(19)14-8-6-5-7-9-14/h5-13H,4H2,1-3H3. The lowest BCUT2D eigenvalue weighted by Gasteiger charge is -2.27. The van der Waals surface area contributed by atoms with Crippen LogP contribution in [0.5, 0.6) is 5.75 Å². The summed E-state index contributed by atoms with van der Waals surface area (Å²) in [5, 5.41) is 0. The molecule has 20 heavy (non-hydrogen) atoms. The van der Waals surface area contributed by atoms with E-state index in [9.17, 15) is 4.79 Å². The fourth-order valence-corrected chi connectivity index (χ4v) is 2.36. The molecule has 0 bridgehead atoms. The van der Waals surface area contributed by atoms with Crippen LogP contribution in [0, 0.1) is 0 Å². The zero-order chi connectivity index (χ0) is 14.6. The summed E-state index contributed by atoms with van der Waals surface area (Å²) in [6.07, 6.45) is 0.757. The Hall–Kier alpha value is -2.09. The van der Waals surface area contributed by atoms with Gasteiger partial charge in [-0.3, -0.25) is 4.79 Å². The van der Waals surface area contributed by atoms with Crippen LogP contribution >= 0.6 is 0 Å². The first-order chi connectivity index (χ1) is 9.61. The highest BCUT2D eigenvalue weighted by atomic mass is 16.5. The normalized spacial score (nSPS) is 13.6. The quantitative estimate of drug-likeness (QED) is 0.758. The zero-order valence-corrected chi connectivity index (χ0v) is 12.2. The Morgan fingerprint density at radius 3 is 2.15 bits per heavy atom. The van der Waals surface area contributed by atoms with Crippen molar-refractivity contribution >= 4 is 5.78 Å². The topological polar surface area (TPSA) is 26.3 Å². The third-order valence-corrected chi connectivity index (χ3v) is 3.97. The summed E-state index contributed by atoms with van der Waals surface area (Å²) in [4.78, 5) is 12.8. The van der Waals surface area contributed by atoms with Crippen LogP contribution in [-0.2, 0) is 5.41 Å². The number of ether oxygens (including phenoxy) is 1. The summed E-state index contributed by atoms with van der Waals surface area (Å²) in [7, 11) is 1.64. The Bertz CT molecular complexity index is 572. The largest absolute Gasteiger partial charge is 0.497 e. The molecule has 0 radical (unpaired) electrons. The van der Waals surface area contributed by atoms with Crippen LogP contribution in [0.3, 0.4) is 0 Å². The molecule has 104 valence electrons. The summed E-state index contributed by atoms with van der Waals surface area (Å²) in [5.74, 6) is 0.963. The van der Waals surface area contributed by atoms with Gasteiger partial charge >= 0.3 is 0 Å². The van der Waals surface area contributed by atoms with E-state index >= 15 is 0 Å². The first-order valence-electron chi connectivity index (χ1n) is 6.86. The van der Waals surface area contributed by atoms with Gasteiger partial charge in [-0.05, 0) is 31.0 Å². The van der Waals surface area contributed by atoms with Crippen molar-refractivity contribution in [2.24, 2.45) is 0 Å². The van der Waals surface area contributed by atoms with Crippen molar-refractivity contribution in [1.82, 2.24) is 0 Å². The molecule has 0 saturated heterocycles. The van der Waals surface area contributed by atoms with Gasteiger partial charge in [-0.2, -0.15) is 0 Å². The smallest absolute Gasteiger partial charge is 0.173 e. The van der Waals surface area contributed by atoms with Crippen molar-refractivity contribution in [3.63, 3.8) is 0 Å². The van der Waals surface area contributed by atoms with Crippen LogP contribution in [0.25, 0.3) is 0 Å². The van der Waals surface area contributed by atoms with Crippen molar-refractivity contribution in [2.45, 2.75) is 25.7 Å². The van der Waals surface area contributed by atoms with Gasteiger partial charge in [0, 0.05) is 5.56 Å². The number of carbonyl (C=O) groups excluding carboxylic acids is 1. The van der Waals surface area contributed by atoms with E-state index in [1.54, 1.807) is 7.11 Å². The summed E-state index contributed by atoms with van der Waals surface area (Å²) >= 11 is 0. The van der Waals surface area contributed by atoms with Gasteiger partial charge in [-0.25, -0.2) is 0 Å². The van der Waals surface area contributed by atoms with E-state index in [0.29, 0.717) is 0 Å². The first-order valence-corrected chi connectivity index (χ1v) is 6.86. The second-order valence-electron chi connectivity index (χ2n) is 5.11. The van der Waals surface area contributed by atoms with Crippen molar-refractivity contribution in [3.8, 4) is 5.75 Å². The molecule has 1 atom stereocenters. The third kappa shape index (κ3) is 2.60. The van der Waals surface area contributed by atoms with Crippen LogP contribution in [0.15, 0.2) is 54.6 Å². The number of Topliss-reactive ketones (excluding diaryl/α,β-unsaturated/α-hetero) is 1. The molecule has 0 heterocycles. The highest BCUT2D eigenvalue weighted by molar-refractivity contribution is 6.03. The molecule has 2 rings (SSSR count). The molecule has 2 heteroatoms. The van der Waals surface area contributed by atoms with Crippen molar-refractivity contribution in [1.29, 1.82) is 0 Å². The van der Waals surface area contributed by atoms with Gasteiger partial charge in [-0.1, -0.05) is 49.4 Å². The van der Waals surface area contributed by atoms with Crippen molar-refractivity contribution < 1.29 is 9.53 Å². The minimum atomic E-state index is -0.506. The molecule has 0 amide bonds. The van der Waals surface area contributed by atoms with Crippen LogP contribution in [-0.4, -0.2) is 12.9 Å². The average Bonchev–Trinajstić information content (AvgIpc) is 2.54. The maximum Gasteiger partial charge on any atom is 0.173 e. The van der Waals surface area contributed by atoms with E-state index in [1.807, 2.05) is 68.4 Å². The Morgan fingerprint density at radius 1 is 1.05 bits per heavy atom. The van der Waals surface area contributed by atoms with E-state index in [4.69, 9.17) is 4.74 Å². The SMILES string of the molecule is CCC(C)(C(=O)c1ccccc1)c1ccc(OC)cc1. The molecular weight excluding hydrogens is 248 g/mol. The Labute approximate surface area is 120 Å². The minimum Gasteiger partial charge on any atom is -0.497 e. The van der Waals surface area contributed by atoms with Crippen LogP contribution < -0.4 is 4.74 Å². The van der Waals surface area contributed by atoms with E-state index in [2.05, 4.69) is 0 Å². The molecule has 0 aromatic heterocycles.